The van der Waals surface area contributed by atoms with Crippen molar-refractivity contribution in [2.24, 2.45) is 17.6 Å². The number of fused-ring (bicyclic) bond motifs is 1. The Morgan fingerprint density at radius 3 is 2.81 bits per heavy atom. The van der Waals surface area contributed by atoms with Crippen LogP contribution in [0.25, 0.3) is 10.9 Å². The summed E-state index contributed by atoms with van der Waals surface area (Å²) < 4.78 is 13.9. The van der Waals surface area contributed by atoms with Crippen LogP contribution in [0.5, 0.6) is 0 Å². The molecule has 1 aliphatic carbocycles. The lowest BCUT2D eigenvalue weighted by atomic mass is 9.90. The van der Waals surface area contributed by atoms with Crippen molar-refractivity contribution < 1.29 is 4.39 Å². The maximum atomic E-state index is 13.9. The highest BCUT2D eigenvalue weighted by atomic mass is 19.1. The second-order valence-electron chi connectivity index (χ2n) is 6.46. The molecule has 4 heteroatoms. The molecule has 2 aliphatic rings. The molecule has 3 nitrogen and oxygen atoms in total. The van der Waals surface area contributed by atoms with Gasteiger partial charge in [0, 0.05) is 36.4 Å². The fourth-order valence-electron chi connectivity index (χ4n) is 3.68. The third-order valence-electron chi connectivity index (χ3n) is 4.84. The number of piperidine rings is 1. The molecule has 0 spiro atoms. The molecule has 1 aromatic carbocycles. The molecule has 2 heterocycles. The topological polar surface area (TPSA) is 42.1 Å². The molecule has 0 bridgehead atoms. The number of hydrogen-bond donors (Lipinski definition) is 1. The zero-order valence-electron chi connectivity index (χ0n) is 12.0. The Morgan fingerprint density at radius 2 is 2.00 bits per heavy atom. The van der Waals surface area contributed by atoms with Crippen molar-refractivity contribution in [2.75, 3.05) is 18.0 Å². The van der Waals surface area contributed by atoms with Crippen LogP contribution in [-0.2, 0) is 0 Å². The Hall–Kier alpha value is -1.68. The number of nitrogens with zero attached hydrogens (tertiary/aromatic N) is 2. The van der Waals surface area contributed by atoms with E-state index in [4.69, 9.17) is 5.73 Å². The summed E-state index contributed by atoms with van der Waals surface area (Å²) in [5.74, 6) is 1.28. The maximum Gasteiger partial charge on any atom is 0.149 e. The Balaban J connectivity index is 1.73. The molecule has 2 atom stereocenters. The van der Waals surface area contributed by atoms with Gasteiger partial charge in [0.05, 0.1) is 0 Å². The highest BCUT2D eigenvalue weighted by Crippen LogP contribution is 2.42. The van der Waals surface area contributed by atoms with Gasteiger partial charge in [0.25, 0.3) is 0 Å². The molecule has 1 saturated heterocycles. The van der Waals surface area contributed by atoms with Crippen molar-refractivity contribution in [3.8, 4) is 0 Å². The lowest BCUT2D eigenvalue weighted by Gasteiger charge is -2.38. The van der Waals surface area contributed by atoms with Crippen molar-refractivity contribution >= 4 is 16.6 Å². The number of hydrogen-bond acceptors (Lipinski definition) is 3. The number of halogens is 1. The monoisotopic (exact) mass is 285 g/mol. The van der Waals surface area contributed by atoms with E-state index in [0.29, 0.717) is 11.4 Å². The fraction of sp³-hybridized carbons (Fsp3) is 0.471. The minimum Gasteiger partial charge on any atom is -0.369 e. The summed E-state index contributed by atoms with van der Waals surface area (Å²) in [6, 6.07) is 7.43. The first-order valence-electron chi connectivity index (χ1n) is 7.76. The zero-order valence-corrected chi connectivity index (χ0v) is 12.0. The molecular weight excluding hydrogens is 265 g/mol. The van der Waals surface area contributed by atoms with E-state index in [1.807, 2.05) is 18.2 Å². The molecule has 0 amide bonds. The van der Waals surface area contributed by atoms with Gasteiger partial charge >= 0.3 is 0 Å². The molecule has 4 rings (SSSR count). The number of pyridine rings is 1. The van der Waals surface area contributed by atoms with Gasteiger partial charge in [-0.05, 0) is 55.4 Å². The molecule has 110 valence electrons. The Labute approximate surface area is 124 Å². The molecule has 1 aliphatic heterocycles. The highest BCUT2D eigenvalue weighted by Gasteiger charge is 2.36. The summed E-state index contributed by atoms with van der Waals surface area (Å²) in [6.45, 7) is 1.88. The van der Waals surface area contributed by atoms with Crippen LogP contribution in [0.2, 0.25) is 0 Å². The minimum atomic E-state index is -0.255. The molecule has 2 aromatic rings. The number of rotatable bonds is 2. The molecule has 2 N–H and O–H groups in total. The molecule has 2 fully saturated rings. The summed E-state index contributed by atoms with van der Waals surface area (Å²) in [5.41, 5.74) is 7.79. The van der Waals surface area contributed by atoms with Crippen LogP contribution in [0.1, 0.15) is 19.3 Å². The van der Waals surface area contributed by atoms with Crippen molar-refractivity contribution in [2.45, 2.75) is 25.3 Å². The van der Waals surface area contributed by atoms with E-state index in [1.165, 1.54) is 18.9 Å². The maximum absolute atomic E-state index is 13.9. The summed E-state index contributed by atoms with van der Waals surface area (Å²) >= 11 is 0. The van der Waals surface area contributed by atoms with E-state index in [2.05, 4.69) is 9.88 Å². The lowest BCUT2D eigenvalue weighted by molar-refractivity contribution is 0.342. The number of aromatic nitrogens is 1. The molecule has 2 unspecified atom stereocenters. The predicted octanol–water partition coefficient (Wildman–Crippen LogP) is 2.94. The van der Waals surface area contributed by atoms with Gasteiger partial charge < -0.3 is 10.6 Å². The van der Waals surface area contributed by atoms with E-state index >= 15 is 0 Å². The standard InChI is InChI=1S/C17H20FN3/c18-15-5-6-16(14-2-1-7-20-17(14)15)21-9-12(11-3-4-11)8-13(19)10-21/h1-2,5-7,11-13H,3-4,8-10,19H2. The average molecular weight is 285 g/mol. The molecular formula is C17H20FN3. The lowest BCUT2D eigenvalue weighted by Crippen LogP contribution is -2.47. The minimum absolute atomic E-state index is 0.209. The Kier molecular flexibility index (Phi) is 3.07. The SMILES string of the molecule is NC1CC(C2CC2)CN(c2ccc(F)c3ncccc23)C1. The Bertz CT molecular complexity index is 668. The van der Waals surface area contributed by atoms with Crippen LogP contribution in [0.4, 0.5) is 10.1 Å². The molecule has 21 heavy (non-hydrogen) atoms. The Morgan fingerprint density at radius 1 is 1.14 bits per heavy atom. The predicted molar refractivity (Wildman–Crippen MR) is 82.7 cm³/mol. The normalized spacial score (nSPS) is 26.3. The van der Waals surface area contributed by atoms with Gasteiger partial charge in [-0.25, -0.2) is 4.39 Å². The van der Waals surface area contributed by atoms with Crippen molar-refractivity contribution in [1.82, 2.24) is 4.98 Å². The quantitative estimate of drug-likeness (QED) is 0.922. The van der Waals surface area contributed by atoms with Gasteiger partial charge in [0.1, 0.15) is 11.3 Å². The van der Waals surface area contributed by atoms with Crippen LogP contribution in [0.3, 0.4) is 0 Å². The molecule has 1 aromatic heterocycles. The van der Waals surface area contributed by atoms with E-state index in [0.717, 1.165) is 36.5 Å². The molecule has 1 saturated carbocycles. The second-order valence-corrected chi connectivity index (χ2v) is 6.46. The number of benzene rings is 1. The van der Waals surface area contributed by atoms with Gasteiger partial charge in [-0.3, -0.25) is 4.98 Å². The fourth-order valence-corrected chi connectivity index (χ4v) is 3.68. The second kappa shape index (κ2) is 4.95. The van der Waals surface area contributed by atoms with Gasteiger partial charge in [-0.2, -0.15) is 0 Å². The van der Waals surface area contributed by atoms with Crippen LogP contribution in [-0.4, -0.2) is 24.1 Å². The zero-order chi connectivity index (χ0) is 14.4. The first-order chi connectivity index (χ1) is 10.2. The molecule has 0 radical (unpaired) electrons. The summed E-state index contributed by atoms with van der Waals surface area (Å²) in [5, 5.41) is 0.890. The van der Waals surface area contributed by atoms with Crippen molar-refractivity contribution in [3.05, 3.63) is 36.3 Å². The van der Waals surface area contributed by atoms with Gasteiger partial charge in [0.2, 0.25) is 0 Å². The first-order valence-corrected chi connectivity index (χ1v) is 7.76. The van der Waals surface area contributed by atoms with Crippen LogP contribution in [0, 0.1) is 17.7 Å². The van der Waals surface area contributed by atoms with Crippen LogP contribution in [0.15, 0.2) is 30.5 Å². The van der Waals surface area contributed by atoms with Crippen LogP contribution < -0.4 is 10.6 Å². The average Bonchev–Trinajstić information content (AvgIpc) is 3.32. The first kappa shape index (κ1) is 13.0. The summed E-state index contributed by atoms with van der Waals surface area (Å²) in [4.78, 5) is 6.52. The highest BCUT2D eigenvalue weighted by molar-refractivity contribution is 5.92. The smallest absolute Gasteiger partial charge is 0.149 e. The van der Waals surface area contributed by atoms with E-state index in [9.17, 15) is 4.39 Å². The van der Waals surface area contributed by atoms with Gasteiger partial charge in [-0.15, -0.1) is 0 Å². The van der Waals surface area contributed by atoms with E-state index in [-0.39, 0.29) is 11.9 Å². The van der Waals surface area contributed by atoms with Crippen molar-refractivity contribution in [1.29, 1.82) is 0 Å². The largest absolute Gasteiger partial charge is 0.369 e. The number of anilines is 1. The third kappa shape index (κ3) is 2.38. The van der Waals surface area contributed by atoms with Crippen LogP contribution >= 0.6 is 0 Å². The van der Waals surface area contributed by atoms with Gasteiger partial charge in [-0.1, -0.05) is 0 Å². The summed E-state index contributed by atoms with van der Waals surface area (Å²) in [7, 11) is 0. The van der Waals surface area contributed by atoms with E-state index < -0.39 is 0 Å². The van der Waals surface area contributed by atoms with Gasteiger partial charge in [0.15, 0.2) is 0 Å². The number of nitrogens with two attached hydrogens (primary N) is 1. The van der Waals surface area contributed by atoms with E-state index in [1.54, 1.807) is 6.20 Å². The summed E-state index contributed by atoms with van der Waals surface area (Å²) in [6.07, 6.45) is 5.45. The third-order valence-corrected chi connectivity index (χ3v) is 4.84. The van der Waals surface area contributed by atoms with Crippen molar-refractivity contribution in [3.63, 3.8) is 0 Å².